The van der Waals surface area contributed by atoms with Crippen LogP contribution in [-0.4, -0.2) is 35.9 Å². The fraction of sp³-hybridized carbons (Fsp3) is 0.0417. The number of rotatable bonds is 4. The highest BCUT2D eigenvalue weighted by Gasteiger charge is 2.16. The molecule has 0 radical (unpaired) electrons. The highest BCUT2D eigenvalue weighted by Crippen LogP contribution is 2.36. The number of thiophene rings is 1. The van der Waals surface area contributed by atoms with Gasteiger partial charge in [0.25, 0.3) is 0 Å². The molecule has 6 rings (SSSR count). The minimum atomic E-state index is 0.0592. The first-order valence-corrected chi connectivity index (χ1v) is 11.0. The van der Waals surface area contributed by atoms with Crippen molar-refractivity contribution in [3.63, 3.8) is 0 Å². The minimum absolute atomic E-state index is 0.0592. The van der Waals surface area contributed by atoms with Crippen molar-refractivity contribution in [2.75, 3.05) is 5.73 Å². The van der Waals surface area contributed by atoms with Gasteiger partial charge in [-0.05, 0) is 37.3 Å². The van der Waals surface area contributed by atoms with Crippen LogP contribution in [0.4, 0.5) is 5.69 Å². The van der Waals surface area contributed by atoms with Crippen molar-refractivity contribution in [1.29, 1.82) is 0 Å². The van der Waals surface area contributed by atoms with Crippen molar-refractivity contribution in [2.45, 2.75) is 6.92 Å². The molecule has 0 atom stereocenters. The van der Waals surface area contributed by atoms with E-state index >= 15 is 0 Å². The Morgan fingerprint density at radius 1 is 0.970 bits per heavy atom. The number of carbonyl (C=O) groups is 1. The third-order valence-corrected chi connectivity index (χ3v) is 6.74. The molecule has 4 N–H and O–H groups in total. The van der Waals surface area contributed by atoms with Crippen LogP contribution in [0.3, 0.4) is 0 Å². The van der Waals surface area contributed by atoms with E-state index in [0.29, 0.717) is 5.69 Å². The molecule has 9 heteroatoms. The Labute approximate surface area is 191 Å². The molecule has 0 spiro atoms. The standard InChI is InChI=1S/C24H17N7OS/c1-12(32)22-2-3-23(33-22)17-9-27-10-20-15(17)5-19(29-20)24-16-6-18(28-11-21(16)30-31-24)13-4-14(25)8-26-7-13/h2-11,29H,25H2,1H3,(H,30,31). The molecule has 0 fully saturated rings. The van der Waals surface area contributed by atoms with E-state index in [2.05, 4.69) is 36.2 Å². The largest absolute Gasteiger partial charge is 0.397 e. The molecule has 0 aliphatic carbocycles. The fourth-order valence-electron chi connectivity index (χ4n) is 3.92. The number of nitrogens with two attached hydrogens (primary N) is 1. The Hall–Kier alpha value is -4.37. The molecule has 0 saturated heterocycles. The lowest BCUT2D eigenvalue weighted by Crippen LogP contribution is -1.89. The molecule has 0 unspecified atom stereocenters. The van der Waals surface area contributed by atoms with Crippen molar-refractivity contribution >= 4 is 44.6 Å². The summed E-state index contributed by atoms with van der Waals surface area (Å²) in [4.78, 5) is 30.0. The summed E-state index contributed by atoms with van der Waals surface area (Å²) in [6, 6.07) is 9.71. The summed E-state index contributed by atoms with van der Waals surface area (Å²) < 4.78 is 0. The maximum atomic E-state index is 11.7. The lowest BCUT2D eigenvalue weighted by Gasteiger charge is -2.02. The van der Waals surface area contributed by atoms with E-state index in [1.807, 2.05) is 30.5 Å². The van der Waals surface area contributed by atoms with Gasteiger partial charge in [0.2, 0.25) is 0 Å². The molecular formula is C24H17N7OS. The molecule has 8 nitrogen and oxygen atoms in total. The SMILES string of the molecule is CC(=O)c1ccc(-c2cncc3[nH]c(-c4n[nH]c5cnc(-c6cncc(N)c6)cc45)cc23)s1. The minimum Gasteiger partial charge on any atom is -0.397 e. The Morgan fingerprint density at radius 2 is 1.85 bits per heavy atom. The molecule has 0 bridgehead atoms. The summed E-state index contributed by atoms with van der Waals surface area (Å²) in [5.74, 6) is 0.0592. The van der Waals surface area contributed by atoms with Crippen molar-refractivity contribution < 1.29 is 4.79 Å². The number of anilines is 1. The Kier molecular flexibility index (Phi) is 4.30. The van der Waals surface area contributed by atoms with E-state index in [9.17, 15) is 4.79 Å². The number of H-pyrrole nitrogens is 2. The first kappa shape index (κ1) is 19.3. The van der Waals surface area contributed by atoms with Gasteiger partial charge >= 0.3 is 0 Å². The third kappa shape index (κ3) is 3.26. The summed E-state index contributed by atoms with van der Waals surface area (Å²) in [7, 11) is 0. The molecule has 33 heavy (non-hydrogen) atoms. The van der Waals surface area contributed by atoms with E-state index in [4.69, 9.17) is 5.73 Å². The molecular weight excluding hydrogens is 434 g/mol. The second-order valence-electron chi connectivity index (χ2n) is 7.75. The normalized spacial score (nSPS) is 11.4. The van der Waals surface area contributed by atoms with Crippen LogP contribution < -0.4 is 5.73 Å². The average Bonchev–Trinajstić information content (AvgIpc) is 3.55. The first-order chi connectivity index (χ1) is 16.1. The maximum absolute atomic E-state index is 11.7. The molecule has 0 aromatic carbocycles. The number of nitrogens with zero attached hydrogens (tertiary/aromatic N) is 4. The van der Waals surface area contributed by atoms with Crippen molar-refractivity contribution in [3.05, 3.63) is 66.2 Å². The number of hydrogen-bond donors (Lipinski definition) is 3. The molecule has 0 aliphatic heterocycles. The van der Waals surface area contributed by atoms with E-state index < -0.39 is 0 Å². The molecule has 6 aromatic heterocycles. The number of aromatic amines is 2. The number of nitrogens with one attached hydrogen (secondary N) is 2. The predicted octanol–water partition coefficient (Wildman–Crippen LogP) is 5.08. The van der Waals surface area contributed by atoms with Crippen molar-refractivity contribution in [3.8, 4) is 33.1 Å². The second-order valence-corrected chi connectivity index (χ2v) is 8.83. The second kappa shape index (κ2) is 7.35. The number of Topliss-reactive ketones (excluding diaryl/α,β-unsaturated/α-hetero) is 1. The molecule has 160 valence electrons. The summed E-state index contributed by atoms with van der Waals surface area (Å²) in [6.07, 6.45) is 8.72. The van der Waals surface area contributed by atoms with Crippen LogP contribution in [0.5, 0.6) is 0 Å². The van der Waals surface area contributed by atoms with Crippen LogP contribution in [0.2, 0.25) is 0 Å². The van der Waals surface area contributed by atoms with Gasteiger partial charge in [-0.3, -0.25) is 24.8 Å². The number of aromatic nitrogens is 6. The first-order valence-electron chi connectivity index (χ1n) is 10.2. The molecule has 0 amide bonds. The van der Waals surface area contributed by atoms with E-state index in [-0.39, 0.29) is 5.78 Å². The topological polar surface area (TPSA) is 126 Å². The van der Waals surface area contributed by atoms with Gasteiger partial charge in [-0.2, -0.15) is 5.10 Å². The highest BCUT2D eigenvalue weighted by molar-refractivity contribution is 7.17. The monoisotopic (exact) mass is 451 g/mol. The number of fused-ring (bicyclic) bond motifs is 2. The van der Waals surface area contributed by atoms with Gasteiger partial charge in [0.05, 0.1) is 45.4 Å². The number of pyridine rings is 3. The van der Waals surface area contributed by atoms with Crippen LogP contribution >= 0.6 is 11.3 Å². The van der Waals surface area contributed by atoms with Crippen LogP contribution in [0.15, 0.2) is 61.3 Å². The van der Waals surface area contributed by atoms with Crippen LogP contribution in [0, 0.1) is 0 Å². The summed E-state index contributed by atoms with van der Waals surface area (Å²) in [5.41, 5.74) is 12.4. The maximum Gasteiger partial charge on any atom is 0.169 e. The number of ketones is 1. The van der Waals surface area contributed by atoms with Crippen molar-refractivity contribution in [1.82, 2.24) is 30.1 Å². The van der Waals surface area contributed by atoms with E-state index in [1.165, 1.54) is 11.3 Å². The highest BCUT2D eigenvalue weighted by atomic mass is 32.1. The predicted molar refractivity (Wildman–Crippen MR) is 130 cm³/mol. The zero-order valence-corrected chi connectivity index (χ0v) is 18.3. The molecule has 0 saturated carbocycles. The zero-order chi connectivity index (χ0) is 22.5. The van der Waals surface area contributed by atoms with Gasteiger partial charge in [-0.15, -0.1) is 11.3 Å². The van der Waals surface area contributed by atoms with Crippen LogP contribution in [0.1, 0.15) is 16.6 Å². The van der Waals surface area contributed by atoms with E-state index in [1.54, 1.807) is 31.7 Å². The average molecular weight is 452 g/mol. The van der Waals surface area contributed by atoms with Gasteiger partial charge in [0.15, 0.2) is 5.78 Å². The number of hydrogen-bond acceptors (Lipinski definition) is 7. The molecule has 6 heterocycles. The fourth-order valence-corrected chi connectivity index (χ4v) is 4.85. The lowest BCUT2D eigenvalue weighted by molar-refractivity contribution is 0.102. The lowest BCUT2D eigenvalue weighted by atomic mass is 10.1. The third-order valence-electron chi connectivity index (χ3n) is 5.52. The number of carbonyl (C=O) groups excluding carboxylic acids is 1. The Balaban J connectivity index is 1.48. The van der Waals surface area contributed by atoms with E-state index in [0.717, 1.165) is 59.8 Å². The van der Waals surface area contributed by atoms with Gasteiger partial charge in [-0.1, -0.05) is 0 Å². The van der Waals surface area contributed by atoms with Gasteiger partial charge in [0, 0.05) is 45.4 Å². The summed E-state index contributed by atoms with van der Waals surface area (Å²) in [5, 5.41) is 9.55. The summed E-state index contributed by atoms with van der Waals surface area (Å²) in [6.45, 7) is 1.58. The smallest absolute Gasteiger partial charge is 0.169 e. The van der Waals surface area contributed by atoms with Crippen LogP contribution in [0.25, 0.3) is 54.9 Å². The molecule has 6 aromatic rings. The Morgan fingerprint density at radius 3 is 2.67 bits per heavy atom. The summed E-state index contributed by atoms with van der Waals surface area (Å²) >= 11 is 1.47. The quantitative estimate of drug-likeness (QED) is 0.321. The number of nitrogen functional groups attached to an aromatic ring is 1. The van der Waals surface area contributed by atoms with Gasteiger partial charge in [0.1, 0.15) is 5.69 Å². The van der Waals surface area contributed by atoms with Gasteiger partial charge < -0.3 is 10.7 Å². The Bertz CT molecular complexity index is 1680. The zero-order valence-electron chi connectivity index (χ0n) is 17.5. The van der Waals surface area contributed by atoms with Gasteiger partial charge in [-0.25, -0.2) is 0 Å². The molecule has 0 aliphatic rings. The van der Waals surface area contributed by atoms with Crippen molar-refractivity contribution in [2.24, 2.45) is 0 Å². The van der Waals surface area contributed by atoms with Crippen LogP contribution in [-0.2, 0) is 0 Å².